The summed E-state index contributed by atoms with van der Waals surface area (Å²) in [6.45, 7) is -2.08. The topological polar surface area (TPSA) is 81.2 Å². The molecule has 0 radical (unpaired) electrons. The summed E-state index contributed by atoms with van der Waals surface area (Å²) in [7, 11) is 4.46. The molecule has 0 aliphatic heterocycles. The molecule has 0 spiro atoms. The lowest BCUT2D eigenvalue weighted by atomic mass is 10.2. The van der Waals surface area contributed by atoms with Gasteiger partial charge in [-0.1, -0.05) is 0 Å². The van der Waals surface area contributed by atoms with Crippen LogP contribution < -0.4 is 20.1 Å². The molecule has 10 heteroatoms. The van der Waals surface area contributed by atoms with E-state index in [0.29, 0.717) is 36.7 Å². The van der Waals surface area contributed by atoms with Crippen LogP contribution >= 0.6 is 24.0 Å². The maximum Gasteiger partial charge on any atom is 0.387 e. The van der Waals surface area contributed by atoms with E-state index < -0.39 is 6.61 Å². The fourth-order valence-electron chi connectivity index (χ4n) is 2.13. The van der Waals surface area contributed by atoms with Gasteiger partial charge in [-0.15, -0.1) is 24.0 Å². The van der Waals surface area contributed by atoms with E-state index in [4.69, 9.17) is 4.74 Å². The van der Waals surface area contributed by atoms with Gasteiger partial charge >= 0.3 is 12.6 Å². The van der Waals surface area contributed by atoms with Crippen molar-refractivity contribution < 1.29 is 27.8 Å². The zero-order valence-electron chi connectivity index (χ0n) is 15.6. The van der Waals surface area contributed by atoms with Crippen LogP contribution in [0.15, 0.2) is 23.2 Å². The Balaban J connectivity index is 0.00000676. The second-order valence-electron chi connectivity index (χ2n) is 5.24. The van der Waals surface area contributed by atoms with Gasteiger partial charge in [0.2, 0.25) is 0 Å². The summed E-state index contributed by atoms with van der Waals surface area (Å²) >= 11 is 0. The number of nitrogens with zero attached hydrogens (tertiary/aromatic N) is 1. The Bertz CT molecular complexity index is 604. The molecular formula is C17H26F2IN3O4. The SMILES string of the molecule is CN=C(NCCCCC(=O)OC)NCc1cc(OC)ccc1OC(F)F.I. The number of esters is 1. The summed E-state index contributed by atoms with van der Waals surface area (Å²) in [6, 6.07) is 4.61. The highest BCUT2D eigenvalue weighted by atomic mass is 127. The molecule has 0 fully saturated rings. The first-order chi connectivity index (χ1) is 12.5. The number of rotatable bonds is 10. The van der Waals surface area contributed by atoms with Crippen LogP contribution in [-0.4, -0.2) is 46.4 Å². The number of aliphatic imine (C=N–C) groups is 1. The van der Waals surface area contributed by atoms with Crippen LogP contribution in [0.25, 0.3) is 0 Å². The van der Waals surface area contributed by atoms with Crippen molar-refractivity contribution in [3.8, 4) is 11.5 Å². The van der Waals surface area contributed by atoms with Gasteiger partial charge < -0.3 is 24.8 Å². The Morgan fingerprint density at radius 2 is 1.96 bits per heavy atom. The van der Waals surface area contributed by atoms with Gasteiger partial charge in [-0.05, 0) is 31.0 Å². The van der Waals surface area contributed by atoms with E-state index in [-0.39, 0.29) is 42.2 Å². The summed E-state index contributed by atoms with van der Waals surface area (Å²) in [5, 5.41) is 6.12. The van der Waals surface area contributed by atoms with E-state index in [9.17, 15) is 13.6 Å². The molecule has 0 saturated heterocycles. The van der Waals surface area contributed by atoms with Crippen LogP contribution in [0.1, 0.15) is 24.8 Å². The van der Waals surface area contributed by atoms with Gasteiger partial charge in [0.05, 0.1) is 14.2 Å². The number of guanidine groups is 1. The van der Waals surface area contributed by atoms with Gasteiger partial charge in [0.1, 0.15) is 11.5 Å². The number of carbonyl (C=O) groups excluding carboxylic acids is 1. The first-order valence-electron chi connectivity index (χ1n) is 8.13. The zero-order chi connectivity index (χ0) is 19.4. The Morgan fingerprint density at radius 1 is 1.22 bits per heavy atom. The Labute approximate surface area is 174 Å². The fourth-order valence-corrected chi connectivity index (χ4v) is 2.13. The number of alkyl halides is 2. The Morgan fingerprint density at radius 3 is 2.56 bits per heavy atom. The summed E-state index contributed by atoms with van der Waals surface area (Å²) in [4.78, 5) is 15.1. The lowest BCUT2D eigenvalue weighted by Crippen LogP contribution is -2.37. The number of benzene rings is 1. The number of hydrogen-bond acceptors (Lipinski definition) is 5. The van der Waals surface area contributed by atoms with Gasteiger partial charge in [-0.2, -0.15) is 8.78 Å². The molecule has 1 rings (SSSR count). The molecule has 0 bridgehead atoms. The average Bonchev–Trinajstić information content (AvgIpc) is 2.64. The first kappa shape index (κ1) is 25.1. The van der Waals surface area contributed by atoms with E-state index in [1.807, 2.05) is 0 Å². The first-order valence-corrected chi connectivity index (χ1v) is 8.13. The molecule has 7 nitrogen and oxygen atoms in total. The lowest BCUT2D eigenvalue weighted by molar-refractivity contribution is -0.140. The van der Waals surface area contributed by atoms with Crippen molar-refractivity contribution in [3.63, 3.8) is 0 Å². The van der Waals surface area contributed by atoms with Crippen LogP contribution in [0.3, 0.4) is 0 Å². The molecule has 0 amide bonds. The molecule has 0 atom stereocenters. The van der Waals surface area contributed by atoms with Gasteiger partial charge in [-0.3, -0.25) is 9.79 Å². The zero-order valence-corrected chi connectivity index (χ0v) is 17.9. The van der Waals surface area contributed by atoms with Crippen molar-refractivity contribution in [2.45, 2.75) is 32.4 Å². The minimum atomic E-state index is -2.91. The van der Waals surface area contributed by atoms with Crippen molar-refractivity contribution in [2.75, 3.05) is 27.8 Å². The third-order valence-corrected chi connectivity index (χ3v) is 3.48. The average molecular weight is 501 g/mol. The van der Waals surface area contributed by atoms with Gasteiger partial charge in [0, 0.05) is 32.1 Å². The fraction of sp³-hybridized carbons (Fsp3) is 0.529. The highest BCUT2D eigenvalue weighted by molar-refractivity contribution is 14.0. The predicted molar refractivity (Wildman–Crippen MR) is 109 cm³/mol. The number of carbonyl (C=O) groups is 1. The van der Waals surface area contributed by atoms with Gasteiger partial charge in [0.25, 0.3) is 0 Å². The normalized spacial score (nSPS) is 10.8. The van der Waals surface area contributed by atoms with E-state index in [0.717, 1.165) is 6.42 Å². The molecular weight excluding hydrogens is 475 g/mol. The summed E-state index contributed by atoms with van der Waals surface area (Å²) in [6.07, 6.45) is 1.82. The smallest absolute Gasteiger partial charge is 0.387 e. The molecule has 0 aliphatic rings. The highest BCUT2D eigenvalue weighted by Gasteiger charge is 2.11. The molecule has 0 aliphatic carbocycles. The highest BCUT2D eigenvalue weighted by Crippen LogP contribution is 2.25. The largest absolute Gasteiger partial charge is 0.497 e. The number of ether oxygens (including phenoxy) is 3. The standard InChI is InChI=1S/C17H25F2N3O4.HI/c1-20-17(21-9-5-4-6-15(23)25-3)22-11-12-10-13(24-2)7-8-14(12)26-16(18)19;/h7-8,10,16H,4-6,9,11H2,1-3H3,(H2,20,21,22);1H. The predicted octanol–water partition coefficient (Wildman–Crippen LogP) is 2.92. The molecule has 0 unspecified atom stereocenters. The van der Waals surface area contributed by atoms with Crippen molar-refractivity contribution in [3.05, 3.63) is 23.8 Å². The van der Waals surface area contributed by atoms with Crippen molar-refractivity contribution in [1.29, 1.82) is 0 Å². The van der Waals surface area contributed by atoms with Crippen LogP contribution in [0.4, 0.5) is 8.78 Å². The molecule has 1 aromatic carbocycles. The van der Waals surface area contributed by atoms with E-state index in [2.05, 4.69) is 25.1 Å². The molecule has 0 aromatic heterocycles. The van der Waals surface area contributed by atoms with Crippen LogP contribution in [0, 0.1) is 0 Å². The number of unbranched alkanes of at least 4 members (excludes halogenated alkanes) is 1. The van der Waals surface area contributed by atoms with Crippen LogP contribution in [-0.2, 0) is 16.1 Å². The second-order valence-corrected chi connectivity index (χ2v) is 5.24. The van der Waals surface area contributed by atoms with Gasteiger partial charge in [-0.25, -0.2) is 0 Å². The molecule has 27 heavy (non-hydrogen) atoms. The maximum atomic E-state index is 12.5. The third-order valence-electron chi connectivity index (χ3n) is 3.48. The number of methoxy groups -OCH3 is 2. The summed E-state index contributed by atoms with van der Waals surface area (Å²) in [5.74, 6) is 0.877. The minimum Gasteiger partial charge on any atom is -0.497 e. The second kappa shape index (κ2) is 14.2. The van der Waals surface area contributed by atoms with Crippen molar-refractivity contribution >= 4 is 35.9 Å². The number of halogens is 3. The quantitative estimate of drug-likeness (QED) is 0.169. The molecule has 1 aromatic rings. The molecule has 154 valence electrons. The van der Waals surface area contributed by atoms with Crippen LogP contribution in [0.5, 0.6) is 11.5 Å². The van der Waals surface area contributed by atoms with Gasteiger partial charge in [0.15, 0.2) is 5.96 Å². The molecule has 0 heterocycles. The molecule has 2 N–H and O–H groups in total. The lowest BCUT2D eigenvalue weighted by Gasteiger charge is -2.15. The van der Waals surface area contributed by atoms with Crippen LogP contribution in [0.2, 0.25) is 0 Å². The van der Waals surface area contributed by atoms with E-state index in [1.54, 1.807) is 19.2 Å². The molecule has 0 saturated carbocycles. The Kier molecular flexibility index (Phi) is 13.3. The monoisotopic (exact) mass is 501 g/mol. The number of nitrogens with one attached hydrogen (secondary N) is 2. The summed E-state index contributed by atoms with van der Waals surface area (Å²) < 4.78 is 39.3. The minimum absolute atomic E-state index is 0. The third kappa shape index (κ3) is 10.2. The number of hydrogen-bond donors (Lipinski definition) is 2. The van der Waals surface area contributed by atoms with Crippen molar-refractivity contribution in [2.24, 2.45) is 4.99 Å². The van der Waals surface area contributed by atoms with E-state index in [1.165, 1.54) is 20.3 Å². The Hall–Kier alpha value is -1.85. The summed E-state index contributed by atoms with van der Waals surface area (Å²) in [5.41, 5.74) is 0.512. The maximum absolute atomic E-state index is 12.5. The van der Waals surface area contributed by atoms with Crippen molar-refractivity contribution in [1.82, 2.24) is 10.6 Å². The van der Waals surface area contributed by atoms with E-state index >= 15 is 0 Å².